The van der Waals surface area contributed by atoms with Crippen LogP contribution < -0.4 is 5.32 Å². The van der Waals surface area contributed by atoms with Gasteiger partial charge in [0.2, 0.25) is 0 Å². The number of hydrogen-bond acceptors (Lipinski definition) is 5. The molecule has 1 spiro atoms. The molecule has 1 aliphatic heterocycles. The number of aryl methyl sites for hydroxylation is 2. The molecule has 134 valence electrons. The second kappa shape index (κ2) is 6.72. The lowest BCUT2D eigenvalue weighted by Crippen LogP contribution is -2.60. The number of nitrogens with one attached hydrogen (secondary N) is 1. The molecular weight excluding hydrogens is 308 g/mol. The van der Waals surface area contributed by atoms with Crippen LogP contribution in [0.4, 0.5) is 10.5 Å². The number of morpholine rings is 1. The monoisotopic (exact) mass is 336 g/mol. The maximum absolute atomic E-state index is 13.0. The lowest BCUT2D eigenvalue weighted by atomic mass is 9.97. The Hall–Kier alpha value is -1.60. The van der Waals surface area contributed by atoms with Gasteiger partial charge in [0.25, 0.3) is 0 Å². The van der Waals surface area contributed by atoms with Gasteiger partial charge in [-0.05, 0) is 40.8 Å². The zero-order valence-electron chi connectivity index (χ0n) is 15.1. The van der Waals surface area contributed by atoms with E-state index < -0.39 is 0 Å². The quantitative estimate of drug-likeness (QED) is 0.918. The van der Waals surface area contributed by atoms with Crippen LogP contribution in [0.2, 0.25) is 0 Å². The van der Waals surface area contributed by atoms with Crippen LogP contribution in [0, 0.1) is 13.8 Å². The summed E-state index contributed by atoms with van der Waals surface area (Å²) in [5.74, 6) is 0.633. The molecule has 2 amide bonds. The molecule has 2 heterocycles. The summed E-state index contributed by atoms with van der Waals surface area (Å²) in [6, 6.07) is -0.0440. The van der Waals surface area contributed by atoms with E-state index in [0.29, 0.717) is 30.3 Å². The second-order valence-electron chi connectivity index (χ2n) is 7.37. The summed E-state index contributed by atoms with van der Waals surface area (Å²) >= 11 is 0. The molecule has 7 nitrogen and oxygen atoms in total. The molecule has 1 aromatic heterocycles. The van der Waals surface area contributed by atoms with Crippen LogP contribution in [-0.4, -0.2) is 66.4 Å². The van der Waals surface area contributed by atoms with Crippen LogP contribution in [-0.2, 0) is 4.74 Å². The van der Waals surface area contributed by atoms with Gasteiger partial charge in [-0.2, -0.15) is 0 Å². The van der Waals surface area contributed by atoms with Gasteiger partial charge in [0.05, 0.1) is 24.8 Å². The molecule has 1 aliphatic carbocycles. The number of urea groups is 1. The third kappa shape index (κ3) is 3.42. The Bertz CT molecular complexity index is 573. The standard InChI is InChI=1S/C17H28N4O3/c1-12-15(13(2)24-19-12)18-16(22)21-11-17(7-5-6-8-17)23-10-14(21)9-20(3)4/h14H,5-11H2,1-4H3,(H,18,22). The van der Waals surface area contributed by atoms with Crippen LogP contribution in [0.3, 0.4) is 0 Å². The van der Waals surface area contributed by atoms with Gasteiger partial charge in [-0.3, -0.25) is 0 Å². The topological polar surface area (TPSA) is 70.8 Å². The first-order chi connectivity index (χ1) is 11.4. The van der Waals surface area contributed by atoms with E-state index in [2.05, 4.69) is 15.4 Å². The van der Waals surface area contributed by atoms with Crippen molar-refractivity contribution in [2.75, 3.05) is 39.1 Å². The molecule has 1 atom stereocenters. The molecule has 24 heavy (non-hydrogen) atoms. The molecule has 0 radical (unpaired) electrons. The number of carbonyl (C=O) groups excluding carboxylic acids is 1. The van der Waals surface area contributed by atoms with Gasteiger partial charge in [-0.1, -0.05) is 18.0 Å². The van der Waals surface area contributed by atoms with Crippen molar-refractivity contribution in [1.29, 1.82) is 0 Å². The van der Waals surface area contributed by atoms with E-state index in [-0.39, 0.29) is 17.7 Å². The third-order valence-corrected chi connectivity index (χ3v) is 5.10. The molecule has 1 saturated heterocycles. The molecule has 1 saturated carbocycles. The number of aromatic nitrogens is 1. The summed E-state index contributed by atoms with van der Waals surface area (Å²) in [6.07, 6.45) is 4.43. The van der Waals surface area contributed by atoms with Gasteiger partial charge in [0.15, 0.2) is 5.76 Å². The van der Waals surface area contributed by atoms with Gasteiger partial charge in [-0.25, -0.2) is 4.79 Å². The highest BCUT2D eigenvalue weighted by atomic mass is 16.5. The highest BCUT2D eigenvalue weighted by Crippen LogP contribution is 2.37. The first kappa shape index (κ1) is 17.2. The molecule has 3 rings (SSSR count). The summed E-state index contributed by atoms with van der Waals surface area (Å²) < 4.78 is 11.4. The predicted octanol–water partition coefficient (Wildman–Crippen LogP) is 2.40. The average molecular weight is 336 g/mol. The fourth-order valence-electron chi connectivity index (χ4n) is 3.82. The Morgan fingerprint density at radius 2 is 2.08 bits per heavy atom. The zero-order chi connectivity index (χ0) is 17.3. The van der Waals surface area contributed by atoms with Crippen LogP contribution in [0.15, 0.2) is 4.52 Å². The first-order valence-electron chi connectivity index (χ1n) is 8.69. The average Bonchev–Trinajstić information content (AvgIpc) is 3.11. The van der Waals surface area contributed by atoms with Crippen LogP contribution >= 0.6 is 0 Å². The van der Waals surface area contributed by atoms with Gasteiger partial charge in [0.1, 0.15) is 11.4 Å². The molecule has 1 unspecified atom stereocenters. The predicted molar refractivity (Wildman–Crippen MR) is 91.2 cm³/mol. The number of hydrogen-bond donors (Lipinski definition) is 1. The molecular formula is C17H28N4O3. The van der Waals surface area contributed by atoms with Crippen LogP contribution in [0.5, 0.6) is 0 Å². The minimum atomic E-state index is -0.154. The fraction of sp³-hybridized carbons (Fsp3) is 0.765. The van der Waals surface area contributed by atoms with Crippen molar-refractivity contribution in [3.63, 3.8) is 0 Å². The Kier molecular flexibility index (Phi) is 4.83. The van der Waals surface area contributed by atoms with Crippen LogP contribution in [0.1, 0.15) is 37.1 Å². The van der Waals surface area contributed by atoms with Crippen molar-refractivity contribution in [3.05, 3.63) is 11.5 Å². The first-order valence-corrected chi connectivity index (χ1v) is 8.69. The van der Waals surface area contributed by atoms with Gasteiger partial charge < -0.3 is 24.4 Å². The van der Waals surface area contributed by atoms with Crippen molar-refractivity contribution in [2.45, 2.75) is 51.2 Å². The Morgan fingerprint density at radius 3 is 2.67 bits per heavy atom. The minimum absolute atomic E-state index is 0.0479. The summed E-state index contributed by atoms with van der Waals surface area (Å²) in [4.78, 5) is 17.0. The summed E-state index contributed by atoms with van der Waals surface area (Å²) in [5, 5.41) is 6.91. The number of amides is 2. The van der Waals surface area contributed by atoms with E-state index in [0.717, 1.165) is 19.4 Å². The normalized spacial score (nSPS) is 23.2. The van der Waals surface area contributed by atoms with Crippen molar-refractivity contribution >= 4 is 11.7 Å². The van der Waals surface area contributed by atoms with E-state index in [4.69, 9.17) is 9.26 Å². The molecule has 1 N–H and O–H groups in total. The van der Waals surface area contributed by atoms with Crippen molar-refractivity contribution in [3.8, 4) is 0 Å². The SMILES string of the molecule is Cc1noc(C)c1NC(=O)N1CC2(CCCC2)OCC1CN(C)C. The Morgan fingerprint density at radius 1 is 1.38 bits per heavy atom. The number of nitrogens with zero attached hydrogens (tertiary/aromatic N) is 3. The second-order valence-corrected chi connectivity index (χ2v) is 7.37. The number of carbonyl (C=O) groups is 1. The highest BCUT2D eigenvalue weighted by Gasteiger charge is 2.44. The van der Waals surface area contributed by atoms with Crippen molar-refractivity contribution < 1.29 is 14.1 Å². The van der Waals surface area contributed by atoms with Crippen LogP contribution in [0.25, 0.3) is 0 Å². The molecule has 0 aromatic carbocycles. The zero-order valence-corrected chi connectivity index (χ0v) is 15.1. The van der Waals surface area contributed by atoms with E-state index in [1.165, 1.54) is 12.8 Å². The Labute approximate surface area is 143 Å². The van der Waals surface area contributed by atoms with E-state index in [1.54, 1.807) is 0 Å². The largest absolute Gasteiger partial charge is 0.371 e. The number of rotatable bonds is 3. The summed E-state index contributed by atoms with van der Waals surface area (Å²) in [5.41, 5.74) is 1.23. The van der Waals surface area contributed by atoms with E-state index in [9.17, 15) is 4.79 Å². The minimum Gasteiger partial charge on any atom is -0.371 e. The Balaban J connectivity index is 1.77. The maximum atomic E-state index is 13.0. The molecule has 7 heteroatoms. The van der Waals surface area contributed by atoms with Gasteiger partial charge in [-0.15, -0.1) is 0 Å². The number of anilines is 1. The van der Waals surface area contributed by atoms with Gasteiger partial charge >= 0.3 is 6.03 Å². The lowest BCUT2D eigenvalue weighted by molar-refractivity contribution is -0.118. The van der Waals surface area contributed by atoms with E-state index in [1.807, 2.05) is 32.8 Å². The molecule has 2 fully saturated rings. The highest BCUT2D eigenvalue weighted by molar-refractivity contribution is 5.90. The molecule has 0 bridgehead atoms. The summed E-state index contributed by atoms with van der Waals surface area (Å²) in [7, 11) is 4.04. The smallest absolute Gasteiger partial charge is 0.322 e. The number of ether oxygens (including phenoxy) is 1. The van der Waals surface area contributed by atoms with E-state index >= 15 is 0 Å². The fourth-order valence-corrected chi connectivity index (χ4v) is 3.82. The number of likely N-dealkylation sites (N-methyl/N-ethyl adjacent to an activating group) is 1. The van der Waals surface area contributed by atoms with Gasteiger partial charge in [0, 0.05) is 6.54 Å². The van der Waals surface area contributed by atoms with Crippen molar-refractivity contribution in [1.82, 2.24) is 15.0 Å². The lowest BCUT2D eigenvalue weighted by Gasteiger charge is -2.45. The third-order valence-electron chi connectivity index (χ3n) is 5.10. The maximum Gasteiger partial charge on any atom is 0.322 e. The molecule has 2 aliphatic rings. The van der Waals surface area contributed by atoms with Crippen molar-refractivity contribution in [2.24, 2.45) is 0 Å². The summed E-state index contributed by atoms with van der Waals surface area (Å²) in [6.45, 7) is 5.67. The molecule has 1 aromatic rings.